The van der Waals surface area contributed by atoms with Gasteiger partial charge in [-0.3, -0.25) is 9.48 Å². The second-order valence-corrected chi connectivity index (χ2v) is 6.28. The van der Waals surface area contributed by atoms with Crippen molar-refractivity contribution in [1.82, 2.24) is 14.7 Å². The number of piperazine rings is 1. The lowest BCUT2D eigenvalue weighted by molar-refractivity contribution is 0.102. The van der Waals surface area contributed by atoms with Crippen LogP contribution < -0.4 is 10.2 Å². The number of aromatic nitrogens is 2. The van der Waals surface area contributed by atoms with Crippen molar-refractivity contribution in [3.8, 4) is 0 Å². The van der Waals surface area contributed by atoms with Gasteiger partial charge in [-0.1, -0.05) is 0 Å². The number of nitrogens with zero attached hydrogens (tertiary/aromatic N) is 4. The molecule has 2 aromatic rings. The van der Waals surface area contributed by atoms with E-state index in [0.29, 0.717) is 5.69 Å². The van der Waals surface area contributed by atoms with E-state index >= 15 is 0 Å². The molecule has 0 saturated carbocycles. The molecule has 0 radical (unpaired) electrons. The van der Waals surface area contributed by atoms with Crippen molar-refractivity contribution in [2.45, 2.75) is 20.4 Å². The molecule has 24 heavy (non-hydrogen) atoms. The number of carbonyl (C=O) groups excluding carboxylic acids is 1. The van der Waals surface area contributed by atoms with Gasteiger partial charge in [-0.25, -0.2) is 0 Å². The summed E-state index contributed by atoms with van der Waals surface area (Å²) in [4.78, 5) is 17.0. The first-order valence-electron chi connectivity index (χ1n) is 8.46. The van der Waals surface area contributed by atoms with Gasteiger partial charge in [0, 0.05) is 49.8 Å². The van der Waals surface area contributed by atoms with Crippen LogP contribution >= 0.6 is 0 Å². The Kier molecular flexibility index (Phi) is 4.85. The van der Waals surface area contributed by atoms with Crippen molar-refractivity contribution >= 4 is 17.3 Å². The van der Waals surface area contributed by atoms with Crippen LogP contribution in [0.1, 0.15) is 23.1 Å². The molecule has 1 aliphatic heterocycles. The van der Waals surface area contributed by atoms with Crippen LogP contribution in [0.25, 0.3) is 0 Å². The molecule has 6 heteroatoms. The standard InChI is InChI=1S/C18H25N5O/c1-4-23-14(2)13-17(20-23)18(24)19-15-5-7-16(8-6-15)22-11-9-21(3)10-12-22/h5-8,13H,4,9-12H2,1-3H3,(H,19,24). The van der Waals surface area contributed by atoms with Crippen LogP contribution in [-0.2, 0) is 6.54 Å². The number of anilines is 2. The van der Waals surface area contributed by atoms with Crippen LogP contribution in [0.5, 0.6) is 0 Å². The van der Waals surface area contributed by atoms with Gasteiger partial charge < -0.3 is 15.1 Å². The molecule has 0 bridgehead atoms. The summed E-state index contributed by atoms with van der Waals surface area (Å²) in [6, 6.07) is 9.86. The van der Waals surface area contributed by atoms with Crippen LogP contribution in [-0.4, -0.2) is 53.8 Å². The Labute approximate surface area is 143 Å². The van der Waals surface area contributed by atoms with Gasteiger partial charge >= 0.3 is 0 Å². The number of carbonyl (C=O) groups is 1. The molecular formula is C18H25N5O. The van der Waals surface area contributed by atoms with Gasteiger partial charge in [0.25, 0.3) is 5.91 Å². The van der Waals surface area contributed by atoms with Crippen molar-refractivity contribution in [3.63, 3.8) is 0 Å². The molecule has 1 amide bonds. The number of likely N-dealkylation sites (N-methyl/N-ethyl adjacent to an activating group) is 1. The van der Waals surface area contributed by atoms with Crippen molar-refractivity contribution in [1.29, 1.82) is 0 Å². The number of hydrogen-bond acceptors (Lipinski definition) is 4. The number of amides is 1. The van der Waals surface area contributed by atoms with Crippen LogP contribution in [0.2, 0.25) is 0 Å². The third-order valence-electron chi connectivity index (χ3n) is 4.51. The van der Waals surface area contributed by atoms with Gasteiger partial charge in [0.2, 0.25) is 0 Å². The highest BCUT2D eigenvalue weighted by Gasteiger charge is 2.15. The largest absolute Gasteiger partial charge is 0.369 e. The highest BCUT2D eigenvalue weighted by atomic mass is 16.1. The highest BCUT2D eigenvalue weighted by Crippen LogP contribution is 2.19. The number of hydrogen-bond donors (Lipinski definition) is 1. The molecule has 1 fully saturated rings. The minimum absolute atomic E-state index is 0.169. The fourth-order valence-corrected chi connectivity index (χ4v) is 2.96. The van der Waals surface area contributed by atoms with E-state index in [9.17, 15) is 4.79 Å². The Balaban J connectivity index is 1.64. The maximum absolute atomic E-state index is 12.3. The van der Waals surface area contributed by atoms with Crippen molar-refractivity contribution in [2.24, 2.45) is 0 Å². The summed E-state index contributed by atoms with van der Waals surface area (Å²) in [7, 11) is 2.15. The first-order chi connectivity index (χ1) is 11.6. The Hall–Kier alpha value is -2.34. The van der Waals surface area contributed by atoms with Gasteiger partial charge in [-0.05, 0) is 51.2 Å². The zero-order chi connectivity index (χ0) is 17.1. The smallest absolute Gasteiger partial charge is 0.276 e. The Bertz CT molecular complexity index is 699. The van der Waals surface area contributed by atoms with E-state index in [4.69, 9.17) is 0 Å². The van der Waals surface area contributed by atoms with Crippen LogP contribution in [0.15, 0.2) is 30.3 Å². The van der Waals surface area contributed by atoms with E-state index < -0.39 is 0 Å². The quantitative estimate of drug-likeness (QED) is 0.935. The Morgan fingerprint density at radius 2 is 1.83 bits per heavy atom. The van der Waals surface area contributed by atoms with E-state index in [1.165, 1.54) is 5.69 Å². The zero-order valence-electron chi connectivity index (χ0n) is 14.6. The monoisotopic (exact) mass is 327 g/mol. The van der Waals surface area contributed by atoms with E-state index in [1.54, 1.807) is 0 Å². The number of aryl methyl sites for hydroxylation is 2. The Morgan fingerprint density at radius 1 is 1.17 bits per heavy atom. The van der Waals surface area contributed by atoms with E-state index in [1.807, 2.05) is 36.7 Å². The normalized spacial score (nSPS) is 15.5. The maximum Gasteiger partial charge on any atom is 0.276 e. The summed E-state index contributed by atoms with van der Waals surface area (Å²) >= 11 is 0. The summed E-state index contributed by atoms with van der Waals surface area (Å²) in [6.07, 6.45) is 0. The number of nitrogens with one attached hydrogen (secondary N) is 1. The fraction of sp³-hybridized carbons (Fsp3) is 0.444. The molecule has 0 unspecified atom stereocenters. The summed E-state index contributed by atoms with van der Waals surface area (Å²) in [5.74, 6) is -0.169. The molecule has 0 aliphatic carbocycles. The molecule has 0 atom stereocenters. The minimum Gasteiger partial charge on any atom is -0.369 e. The molecule has 0 spiro atoms. The summed E-state index contributed by atoms with van der Waals surface area (Å²) < 4.78 is 1.82. The van der Waals surface area contributed by atoms with E-state index in [-0.39, 0.29) is 5.91 Å². The topological polar surface area (TPSA) is 53.4 Å². The molecule has 1 saturated heterocycles. The molecular weight excluding hydrogens is 302 g/mol. The first-order valence-corrected chi connectivity index (χ1v) is 8.46. The summed E-state index contributed by atoms with van der Waals surface area (Å²) in [5.41, 5.74) is 3.44. The van der Waals surface area contributed by atoms with Crippen molar-refractivity contribution in [3.05, 3.63) is 41.7 Å². The average molecular weight is 327 g/mol. The predicted molar refractivity (Wildman–Crippen MR) is 96.7 cm³/mol. The minimum atomic E-state index is -0.169. The molecule has 1 N–H and O–H groups in total. The van der Waals surface area contributed by atoms with Gasteiger partial charge in [0.05, 0.1) is 0 Å². The molecule has 3 rings (SSSR count). The molecule has 1 aromatic carbocycles. The number of benzene rings is 1. The van der Waals surface area contributed by atoms with E-state index in [0.717, 1.165) is 44.1 Å². The molecule has 128 valence electrons. The second kappa shape index (κ2) is 7.05. The SMILES string of the molecule is CCn1nc(C(=O)Nc2ccc(N3CCN(C)CC3)cc2)cc1C. The lowest BCUT2D eigenvalue weighted by Gasteiger charge is -2.34. The van der Waals surface area contributed by atoms with E-state index in [2.05, 4.69) is 39.4 Å². The lowest BCUT2D eigenvalue weighted by Crippen LogP contribution is -2.44. The second-order valence-electron chi connectivity index (χ2n) is 6.28. The summed E-state index contributed by atoms with van der Waals surface area (Å²) in [6.45, 7) is 8.97. The average Bonchev–Trinajstić information content (AvgIpc) is 2.97. The third-order valence-corrected chi connectivity index (χ3v) is 4.51. The highest BCUT2D eigenvalue weighted by molar-refractivity contribution is 6.03. The van der Waals surface area contributed by atoms with Gasteiger partial charge in [0.1, 0.15) is 0 Å². The molecule has 1 aliphatic rings. The summed E-state index contributed by atoms with van der Waals surface area (Å²) in [5, 5.41) is 7.23. The third kappa shape index (κ3) is 3.59. The number of rotatable bonds is 4. The lowest BCUT2D eigenvalue weighted by atomic mass is 10.2. The van der Waals surface area contributed by atoms with Gasteiger partial charge in [-0.15, -0.1) is 0 Å². The van der Waals surface area contributed by atoms with Gasteiger partial charge in [-0.2, -0.15) is 5.10 Å². The molecule has 2 heterocycles. The van der Waals surface area contributed by atoms with Crippen LogP contribution in [0, 0.1) is 6.92 Å². The Morgan fingerprint density at radius 3 is 2.42 bits per heavy atom. The van der Waals surface area contributed by atoms with Crippen LogP contribution in [0.3, 0.4) is 0 Å². The zero-order valence-corrected chi connectivity index (χ0v) is 14.6. The first kappa shape index (κ1) is 16.5. The molecule has 1 aromatic heterocycles. The van der Waals surface area contributed by atoms with Crippen molar-refractivity contribution in [2.75, 3.05) is 43.4 Å². The predicted octanol–water partition coefficient (Wildman–Crippen LogP) is 2.22. The van der Waals surface area contributed by atoms with Crippen LogP contribution in [0.4, 0.5) is 11.4 Å². The maximum atomic E-state index is 12.3. The van der Waals surface area contributed by atoms with Gasteiger partial charge in [0.15, 0.2) is 5.69 Å². The van der Waals surface area contributed by atoms with Crippen molar-refractivity contribution < 1.29 is 4.79 Å². The fourth-order valence-electron chi connectivity index (χ4n) is 2.96. The molecule has 6 nitrogen and oxygen atoms in total.